The van der Waals surface area contributed by atoms with Crippen LogP contribution in [-0.4, -0.2) is 19.1 Å². The fourth-order valence-corrected chi connectivity index (χ4v) is 0.548. The summed E-state index contributed by atoms with van der Waals surface area (Å²) in [6.45, 7) is 4.01. The van der Waals surface area contributed by atoms with Gasteiger partial charge in [0, 0.05) is 5.70 Å². The molecule has 0 amide bonds. The minimum absolute atomic E-state index is 0.448. The van der Waals surface area contributed by atoms with Crippen LogP contribution in [0.2, 0.25) is 0 Å². The van der Waals surface area contributed by atoms with Crippen molar-refractivity contribution in [3.05, 3.63) is 12.3 Å². The number of hydrogen-bond donors (Lipinski definition) is 1. The van der Waals surface area contributed by atoms with E-state index in [1.807, 2.05) is 0 Å². The third kappa shape index (κ3) is 0.869. The van der Waals surface area contributed by atoms with E-state index in [1.54, 1.807) is 0 Å². The summed E-state index contributed by atoms with van der Waals surface area (Å²) in [5, 5.41) is 2.72. The molecule has 1 aliphatic rings. The highest BCUT2D eigenvalue weighted by Gasteiger charge is 2.14. The quantitative estimate of drug-likeness (QED) is 0.472. The van der Waals surface area contributed by atoms with Crippen molar-refractivity contribution in [3.8, 4) is 0 Å². The normalized spacial score (nSPS) is 27.5. The molecule has 1 rings (SSSR count). The molecule has 0 radical (unpaired) electrons. The van der Waals surface area contributed by atoms with Crippen LogP contribution in [0.5, 0.6) is 0 Å². The van der Waals surface area contributed by atoms with Crippen molar-refractivity contribution in [1.29, 1.82) is 0 Å². The van der Waals surface area contributed by atoms with Crippen molar-refractivity contribution in [3.63, 3.8) is 0 Å². The number of aldehydes is 1. The maximum Gasteiger partial charge on any atom is 0.184 e. The third-order valence-electron chi connectivity index (χ3n) is 0.907. The maximum absolute atomic E-state index is 9.92. The van der Waals surface area contributed by atoms with E-state index in [1.165, 1.54) is 0 Å². The number of rotatable bonds is 1. The SMILES string of the molecule is C=C1COC(C=O)N1. The van der Waals surface area contributed by atoms with Crippen molar-refractivity contribution in [1.82, 2.24) is 5.32 Å². The van der Waals surface area contributed by atoms with E-state index in [4.69, 9.17) is 4.74 Å². The largest absolute Gasteiger partial charge is 0.356 e. The maximum atomic E-state index is 9.92. The molecule has 3 heteroatoms. The zero-order valence-electron chi connectivity index (χ0n) is 4.39. The third-order valence-corrected chi connectivity index (χ3v) is 0.907. The van der Waals surface area contributed by atoms with Crippen LogP contribution in [0.25, 0.3) is 0 Å². The molecule has 1 saturated heterocycles. The molecular weight excluding hydrogens is 106 g/mol. The predicted molar refractivity (Wildman–Crippen MR) is 28.1 cm³/mol. The Kier molecular flexibility index (Phi) is 1.30. The number of carbonyl (C=O) groups excluding carboxylic acids is 1. The topological polar surface area (TPSA) is 38.3 Å². The molecule has 1 unspecified atom stereocenters. The number of hydrogen-bond acceptors (Lipinski definition) is 3. The second-order valence-corrected chi connectivity index (χ2v) is 1.62. The lowest BCUT2D eigenvalue weighted by Gasteiger charge is -1.96. The molecule has 1 N–H and O–H groups in total. The van der Waals surface area contributed by atoms with Gasteiger partial charge in [0.1, 0.15) is 0 Å². The first-order chi connectivity index (χ1) is 3.83. The highest BCUT2D eigenvalue weighted by atomic mass is 16.5. The van der Waals surface area contributed by atoms with Crippen LogP contribution in [0, 0.1) is 0 Å². The van der Waals surface area contributed by atoms with Gasteiger partial charge in [0.05, 0.1) is 6.61 Å². The van der Waals surface area contributed by atoms with Crippen LogP contribution in [0.3, 0.4) is 0 Å². The van der Waals surface area contributed by atoms with Gasteiger partial charge in [0.15, 0.2) is 12.5 Å². The molecule has 0 aromatic rings. The Bertz CT molecular complexity index is 122. The molecule has 3 nitrogen and oxygen atoms in total. The van der Waals surface area contributed by atoms with Crippen LogP contribution in [0.4, 0.5) is 0 Å². The van der Waals surface area contributed by atoms with Gasteiger partial charge in [-0.3, -0.25) is 4.79 Å². The van der Waals surface area contributed by atoms with Gasteiger partial charge < -0.3 is 10.1 Å². The van der Waals surface area contributed by atoms with Gasteiger partial charge in [-0.1, -0.05) is 6.58 Å². The van der Waals surface area contributed by atoms with Gasteiger partial charge in [0.25, 0.3) is 0 Å². The van der Waals surface area contributed by atoms with Gasteiger partial charge in [-0.15, -0.1) is 0 Å². The van der Waals surface area contributed by atoms with Crippen molar-refractivity contribution >= 4 is 6.29 Å². The lowest BCUT2D eigenvalue weighted by Crippen LogP contribution is -2.22. The molecule has 8 heavy (non-hydrogen) atoms. The fraction of sp³-hybridized carbons (Fsp3) is 0.400. The lowest BCUT2D eigenvalue weighted by molar-refractivity contribution is -0.116. The van der Waals surface area contributed by atoms with E-state index in [2.05, 4.69) is 11.9 Å². The van der Waals surface area contributed by atoms with Crippen molar-refractivity contribution in [2.24, 2.45) is 0 Å². The first-order valence-electron chi connectivity index (χ1n) is 2.34. The molecule has 0 saturated carbocycles. The van der Waals surface area contributed by atoms with Crippen molar-refractivity contribution in [2.75, 3.05) is 6.61 Å². The van der Waals surface area contributed by atoms with Crippen molar-refractivity contribution in [2.45, 2.75) is 6.23 Å². The van der Waals surface area contributed by atoms with Gasteiger partial charge >= 0.3 is 0 Å². The molecule has 1 heterocycles. The summed E-state index contributed by atoms with van der Waals surface area (Å²) in [4.78, 5) is 9.92. The predicted octanol–water partition coefficient (Wildman–Crippen LogP) is -0.355. The average Bonchev–Trinajstić information content (AvgIpc) is 2.14. The molecule has 1 fully saturated rings. The van der Waals surface area contributed by atoms with E-state index in [0.717, 1.165) is 5.70 Å². The Labute approximate surface area is 47.3 Å². The molecule has 0 bridgehead atoms. The van der Waals surface area contributed by atoms with Crippen molar-refractivity contribution < 1.29 is 9.53 Å². The van der Waals surface area contributed by atoms with E-state index in [9.17, 15) is 4.79 Å². The Morgan fingerprint density at radius 3 is 3.00 bits per heavy atom. The standard InChI is InChI=1S/C5H7NO2/c1-4-3-8-5(2-7)6-4/h2,5-6H,1,3H2. The smallest absolute Gasteiger partial charge is 0.184 e. The molecule has 1 atom stereocenters. The zero-order valence-corrected chi connectivity index (χ0v) is 4.39. The molecule has 44 valence electrons. The minimum atomic E-state index is -0.456. The van der Waals surface area contributed by atoms with Crippen LogP contribution in [-0.2, 0) is 9.53 Å². The highest BCUT2D eigenvalue weighted by molar-refractivity contribution is 5.56. The van der Waals surface area contributed by atoms with Crippen LogP contribution in [0.15, 0.2) is 12.3 Å². The Balaban J connectivity index is 2.43. The second kappa shape index (κ2) is 1.96. The Hall–Kier alpha value is -0.830. The van der Waals surface area contributed by atoms with Crippen LogP contribution < -0.4 is 5.32 Å². The highest BCUT2D eigenvalue weighted by Crippen LogP contribution is 1.99. The number of ether oxygens (including phenoxy) is 1. The van der Waals surface area contributed by atoms with E-state index in [-0.39, 0.29) is 0 Å². The summed E-state index contributed by atoms with van der Waals surface area (Å²) in [6.07, 6.45) is 0.251. The van der Waals surface area contributed by atoms with Crippen LogP contribution >= 0.6 is 0 Å². The van der Waals surface area contributed by atoms with Gasteiger partial charge in [-0.25, -0.2) is 0 Å². The average molecular weight is 113 g/mol. The monoisotopic (exact) mass is 113 g/mol. The summed E-state index contributed by atoms with van der Waals surface area (Å²) < 4.78 is 4.84. The number of nitrogens with one attached hydrogen (secondary N) is 1. The molecule has 1 aliphatic heterocycles. The summed E-state index contributed by atoms with van der Waals surface area (Å²) >= 11 is 0. The Morgan fingerprint density at radius 2 is 2.75 bits per heavy atom. The molecule has 0 aromatic carbocycles. The minimum Gasteiger partial charge on any atom is -0.356 e. The van der Waals surface area contributed by atoms with Gasteiger partial charge in [-0.2, -0.15) is 0 Å². The molecular formula is C5H7NO2. The fourth-order valence-electron chi connectivity index (χ4n) is 0.548. The molecule has 0 aromatic heterocycles. The van der Waals surface area contributed by atoms with Gasteiger partial charge in [0.2, 0.25) is 0 Å². The van der Waals surface area contributed by atoms with E-state index >= 15 is 0 Å². The first kappa shape index (κ1) is 5.31. The second-order valence-electron chi connectivity index (χ2n) is 1.62. The van der Waals surface area contributed by atoms with E-state index in [0.29, 0.717) is 12.9 Å². The zero-order chi connectivity index (χ0) is 5.98. The lowest BCUT2D eigenvalue weighted by atomic mass is 10.5. The van der Waals surface area contributed by atoms with E-state index < -0.39 is 6.23 Å². The molecule has 0 spiro atoms. The number of carbonyl (C=O) groups is 1. The summed E-state index contributed by atoms with van der Waals surface area (Å²) in [6, 6.07) is 0. The summed E-state index contributed by atoms with van der Waals surface area (Å²) in [7, 11) is 0. The molecule has 0 aliphatic carbocycles. The summed E-state index contributed by atoms with van der Waals surface area (Å²) in [5.74, 6) is 0. The summed E-state index contributed by atoms with van der Waals surface area (Å²) in [5.41, 5.74) is 0.766. The van der Waals surface area contributed by atoms with Gasteiger partial charge in [-0.05, 0) is 0 Å². The Morgan fingerprint density at radius 1 is 2.00 bits per heavy atom. The first-order valence-corrected chi connectivity index (χ1v) is 2.34. The van der Waals surface area contributed by atoms with Crippen LogP contribution in [0.1, 0.15) is 0 Å².